The summed E-state index contributed by atoms with van der Waals surface area (Å²) < 4.78 is 5.05. The normalized spacial score (nSPS) is 17.3. The van der Waals surface area contributed by atoms with Crippen molar-refractivity contribution in [3.63, 3.8) is 0 Å². The number of hydrogen-bond acceptors (Lipinski definition) is 5. The zero-order valence-electron chi connectivity index (χ0n) is 10.1. The molecule has 0 saturated carbocycles. The van der Waals surface area contributed by atoms with Gasteiger partial charge in [-0.3, -0.25) is 9.59 Å². The molecule has 0 aliphatic carbocycles. The van der Waals surface area contributed by atoms with E-state index in [1.54, 1.807) is 18.2 Å². The molecule has 1 saturated heterocycles. The van der Waals surface area contributed by atoms with Crippen molar-refractivity contribution in [2.24, 2.45) is 0 Å². The number of nitrogens with one attached hydrogen (secondary N) is 2. The van der Waals surface area contributed by atoms with E-state index in [9.17, 15) is 9.59 Å². The SMILES string of the molecule is COc1ccc(N)c(NC(=O)[C@@H]2CSC(=O)N2)c1.Cl. The van der Waals surface area contributed by atoms with Gasteiger partial charge in [-0.05, 0) is 12.1 Å². The van der Waals surface area contributed by atoms with Crippen LogP contribution in [0.4, 0.5) is 16.2 Å². The molecule has 1 heterocycles. The molecule has 4 N–H and O–H groups in total. The molecule has 1 aromatic carbocycles. The third-order valence-corrected chi connectivity index (χ3v) is 3.39. The van der Waals surface area contributed by atoms with Crippen LogP contribution in [0.3, 0.4) is 0 Å². The molecule has 1 aliphatic heterocycles. The number of carbonyl (C=O) groups is 2. The largest absolute Gasteiger partial charge is 0.497 e. The monoisotopic (exact) mass is 303 g/mol. The van der Waals surface area contributed by atoms with Crippen LogP contribution in [-0.2, 0) is 4.79 Å². The Hall–Kier alpha value is -1.60. The van der Waals surface area contributed by atoms with Crippen LogP contribution in [0, 0.1) is 0 Å². The molecular formula is C11H14ClN3O3S. The van der Waals surface area contributed by atoms with E-state index in [-0.39, 0.29) is 23.6 Å². The van der Waals surface area contributed by atoms with Gasteiger partial charge in [0.05, 0.1) is 18.5 Å². The van der Waals surface area contributed by atoms with E-state index in [2.05, 4.69) is 10.6 Å². The molecule has 6 nitrogen and oxygen atoms in total. The van der Waals surface area contributed by atoms with Gasteiger partial charge in [0.25, 0.3) is 5.24 Å². The van der Waals surface area contributed by atoms with E-state index in [0.29, 0.717) is 22.9 Å². The number of halogens is 1. The minimum atomic E-state index is -0.520. The van der Waals surface area contributed by atoms with E-state index in [4.69, 9.17) is 10.5 Å². The molecule has 0 unspecified atom stereocenters. The number of nitrogens with two attached hydrogens (primary N) is 1. The topological polar surface area (TPSA) is 93.4 Å². The Bertz CT molecular complexity index is 498. The molecule has 0 bridgehead atoms. The molecule has 0 radical (unpaired) electrons. The fourth-order valence-electron chi connectivity index (χ4n) is 1.52. The van der Waals surface area contributed by atoms with E-state index in [1.807, 2.05) is 0 Å². The first-order valence-corrected chi connectivity index (χ1v) is 6.26. The number of carbonyl (C=O) groups excluding carboxylic acids is 2. The maximum absolute atomic E-state index is 11.9. The van der Waals surface area contributed by atoms with Crippen LogP contribution in [0.15, 0.2) is 18.2 Å². The predicted molar refractivity (Wildman–Crippen MR) is 78.1 cm³/mol. The maximum Gasteiger partial charge on any atom is 0.279 e. The third kappa shape index (κ3) is 3.68. The van der Waals surface area contributed by atoms with Gasteiger partial charge < -0.3 is 21.1 Å². The number of rotatable bonds is 3. The van der Waals surface area contributed by atoms with Crippen molar-refractivity contribution in [2.75, 3.05) is 23.9 Å². The van der Waals surface area contributed by atoms with E-state index >= 15 is 0 Å². The highest BCUT2D eigenvalue weighted by Crippen LogP contribution is 2.25. The summed E-state index contributed by atoms with van der Waals surface area (Å²) in [5.74, 6) is 0.742. The Morgan fingerprint density at radius 1 is 1.58 bits per heavy atom. The highest BCUT2D eigenvalue weighted by molar-refractivity contribution is 8.14. The van der Waals surface area contributed by atoms with Gasteiger partial charge in [0.2, 0.25) is 5.91 Å². The Labute approximate surface area is 120 Å². The van der Waals surface area contributed by atoms with Gasteiger partial charge in [-0.1, -0.05) is 11.8 Å². The molecule has 0 spiro atoms. The molecule has 19 heavy (non-hydrogen) atoms. The first-order chi connectivity index (χ1) is 8.60. The number of hydrogen-bond donors (Lipinski definition) is 3. The fourth-order valence-corrected chi connectivity index (χ4v) is 2.29. The van der Waals surface area contributed by atoms with Crippen molar-refractivity contribution < 1.29 is 14.3 Å². The highest BCUT2D eigenvalue weighted by Gasteiger charge is 2.28. The van der Waals surface area contributed by atoms with Gasteiger partial charge in [-0.2, -0.15) is 0 Å². The molecule has 1 aromatic rings. The van der Waals surface area contributed by atoms with Gasteiger partial charge in [0, 0.05) is 11.8 Å². The number of methoxy groups -OCH3 is 1. The number of benzene rings is 1. The van der Waals surface area contributed by atoms with Crippen LogP contribution >= 0.6 is 24.2 Å². The molecule has 1 atom stereocenters. The van der Waals surface area contributed by atoms with Crippen LogP contribution in [0.2, 0.25) is 0 Å². The van der Waals surface area contributed by atoms with Crippen molar-refractivity contribution in [1.82, 2.24) is 5.32 Å². The molecule has 0 aromatic heterocycles. The lowest BCUT2D eigenvalue weighted by molar-refractivity contribution is -0.117. The summed E-state index contributed by atoms with van der Waals surface area (Å²) in [7, 11) is 1.53. The van der Waals surface area contributed by atoms with Crippen molar-refractivity contribution in [3.05, 3.63) is 18.2 Å². The van der Waals surface area contributed by atoms with Crippen molar-refractivity contribution in [3.8, 4) is 5.75 Å². The van der Waals surface area contributed by atoms with Crippen molar-refractivity contribution >= 4 is 46.7 Å². The first-order valence-electron chi connectivity index (χ1n) is 5.28. The summed E-state index contributed by atoms with van der Waals surface area (Å²) in [6.45, 7) is 0. The summed E-state index contributed by atoms with van der Waals surface area (Å²) in [6.07, 6.45) is 0. The minimum Gasteiger partial charge on any atom is -0.497 e. The zero-order valence-corrected chi connectivity index (χ0v) is 11.8. The smallest absolute Gasteiger partial charge is 0.279 e. The van der Waals surface area contributed by atoms with Gasteiger partial charge >= 0.3 is 0 Å². The molecule has 104 valence electrons. The number of anilines is 2. The number of ether oxygens (including phenoxy) is 1. The van der Waals surface area contributed by atoms with Crippen LogP contribution in [0.25, 0.3) is 0 Å². The average Bonchev–Trinajstić information content (AvgIpc) is 2.79. The Balaban J connectivity index is 0.00000180. The maximum atomic E-state index is 11.9. The summed E-state index contributed by atoms with van der Waals surface area (Å²) in [5.41, 5.74) is 6.68. The van der Waals surface area contributed by atoms with Crippen LogP contribution < -0.4 is 21.1 Å². The summed E-state index contributed by atoms with van der Waals surface area (Å²) >= 11 is 1.09. The van der Waals surface area contributed by atoms with E-state index in [1.165, 1.54) is 7.11 Å². The van der Waals surface area contributed by atoms with Gasteiger partial charge in [0.15, 0.2) is 0 Å². The molecule has 8 heteroatoms. The zero-order chi connectivity index (χ0) is 13.1. The quantitative estimate of drug-likeness (QED) is 0.735. The molecule has 2 amide bonds. The minimum absolute atomic E-state index is 0. The standard InChI is InChI=1S/C11H13N3O3S.ClH/c1-17-6-2-3-7(12)8(4-6)13-10(15)9-5-18-11(16)14-9;/h2-4,9H,5,12H2,1H3,(H,13,15)(H,14,16);1H/t9-;/m0./s1. The first kappa shape index (κ1) is 15.5. The Kier molecular flexibility index (Phi) is 5.31. The van der Waals surface area contributed by atoms with Crippen LogP contribution in [0.1, 0.15) is 0 Å². The van der Waals surface area contributed by atoms with Crippen molar-refractivity contribution in [1.29, 1.82) is 0 Å². The van der Waals surface area contributed by atoms with Gasteiger partial charge in [-0.15, -0.1) is 12.4 Å². The van der Waals surface area contributed by atoms with Gasteiger partial charge in [-0.25, -0.2) is 0 Å². The fraction of sp³-hybridized carbons (Fsp3) is 0.273. The molecule has 1 aliphatic rings. The lowest BCUT2D eigenvalue weighted by atomic mass is 10.2. The summed E-state index contributed by atoms with van der Waals surface area (Å²) in [5, 5.41) is 5.05. The van der Waals surface area contributed by atoms with Gasteiger partial charge in [0.1, 0.15) is 11.8 Å². The Morgan fingerprint density at radius 3 is 2.89 bits per heavy atom. The average molecular weight is 304 g/mol. The summed E-state index contributed by atoms with van der Waals surface area (Å²) in [4.78, 5) is 22.9. The molecular weight excluding hydrogens is 290 g/mol. The van der Waals surface area contributed by atoms with Crippen LogP contribution in [0.5, 0.6) is 5.75 Å². The van der Waals surface area contributed by atoms with Crippen molar-refractivity contribution in [2.45, 2.75) is 6.04 Å². The number of nitrogen functional groups attached to an aromatic ring is 1. The van der Waals surface area contributed by atoms with E-state index < -0.39 is 6.04 Å². The number of amides is 2. The van der Waals surface area contributed by atoms with E-state index in [0.717, 1.165) is 11.8 Å². The molecule has 1 fully saturated rings. The summed E-state index contributed by atoms with van der Waals surface area (Å²) in [6, 6.07) is 4.47. The predicted octanol–water partition coefficient (Wildman–Crippen LogP) is 1.46. The Morgan fingerprint density at radius 2 is 2.32 bits per heavy atom. The second kappa shape index (κ2) is 6.53. The second-order valence-electron chi connectivity index (χ2n) is 3.74. The molecule has 2 rings (SSSR count). The lowest BCUT2D eigenvalue weighted by Crippen LogP contribution is -2.38. The second-order valence-corrected chi connectivity index (χ2v) is 4.73. The lowest BCUT2D eigenvalue weighted by Gasteiger charge is -2.13. The third-order valence-electron chi connectivity index (χ3n) is 2.51. The number of thioether (sulfide) groups is 1. The van der Waals surface area contributed by atoms with Crippen LogP contribution in [-0.4, -0.2) is 30.1 Å². The highest BCUT2D eigenvalue weighted by atomic mass is 35.5.